The average molecular weight is 350 g/mol. The number of terminal acetylenes is 1. The molecule has 1 fully saturated rings. The zero-order chi connectivity index (χ0) is 18.3. The van der Waals surface area contributed by atoms with Crippen molar-refractivity contribution in [1.29, 1.82) is 0 Å². The summed E-state index contributed by atoms with van der Waals surface area (Å²) in [6.45, 7) is 2.04. The summed E-state index contributed by atoms with van der Waals surface area (Å²) in [5.41, 5.74) is 3.28. The molecule has 0 saturated carbocycles. The molecule has 1 unspecified atom stereocenters. The number of aromatic hydroxyl groups is 2. The number of phenolic OH excluding ortho intramolecular Hbond substituents is 2. The van der Waals surface area contributed by atoms with Gasteiger partial charge in [-0.05, 0) is 39.0 Å². The van der Waals surface area contributed by atoms with Gasteiger partial charge >= 0.3 is 0 Å². The Morgan fingerprint density at radius 1 is 1.23 bits per heavy atom. The molecule has 6 heteroatoms. The first kappa shape index (κ1) is 16.6. The molecule has 2 aromatic rings. The van der Waals surface area contributed by atoms with Crippen LogP contribution in [0.2, 0.25) is 0 Å². The van der Waals surface area contributed by atoms with E-state index in [4.69, 9.17) is 6.42 Å². The quantitative estimate of drug-likeness (QED) is 0.494. The van der Waals surface area contributed by atoms with Crippen LogP contribution in [0.1, 0.15) is 29.9 Å². The molecule has 1 aromatic carbocycles. The van der Waals surface area contributed by atoms with E-state index in [9.17, 15) is 10.2 Å². The van der Waals surface area contributed by atoms with E-state index >= 15 is 0 Å². The molecule has 3 heterocycles. The minimum Gasteiger partial charge on any atom is -0.504 e. The van der Waals surface area contributed by atoms with Crippen LogP contribution in [0.3, 0.4) is 0 Å². The third-order valence-electron chi connectivity index (χ3n) is 5.46. The number of H-pyrrole nitrogens is 1. The fourth-order valence-electron chi connectivity index (χ4n) is 4.01. The van der Waals surface area contributed by atoms with Crippen molar-refractivity contribution in [3.8, 4) is 23.8 Å². The van der Waals surface area contributed by atoms with E-state index < -0.39 is 0 Å². The molecule has 134 valence electrons. The van der Waals surface area contributed by atoms with Crippen molar-refractivity contribution in [3.63, 3.8) is 0 Å². The second kappa shape index (κ2) is 6.43. The highest BCUT2D eigenvalue weighted by Gasteiger charge is 2.35. The Morgan fingerprint density at radius 2 is 2.00 bits per heavy atom. The van der Waals surface area contributed by atoms with Gasteiger partial charge in [0.1, 0.15) is 5.82 Å². The number of aromatic amines is 1. The number of hydrogen-bond acceptors (Lipinski definition) is 5. The molecule has 2 aliphatic rings. The van der Waals surface area contributed by atoms with Crippen LogP contribution in [0.15, 0.2) is 35.7 Å². The van der Waals surface area contributed by atoms with E-state index in [1.807, 2.05) is 0 Å². The van der Waals surface area contributed by atoms with Crippen molar-refractivity contribution in [3.05, 3.63) is 46.8 Å². The maximum Gasteiger partial charge on any atom is 0.161 e. The minimum atomic E-state index is -0.336. The lowest BCUT2D eigenvalue weighted by Gasteiger charge is -2.35. The Kier molecular flexibility index (Phi) is 4.09. The van der Waals surface area contributed by atoms with Crippen molar-refractivity contribution in [2.24, 2.45) is 5.92 Å². The van der Waals surface area contributed by atoms with Crippen molar-refractivity contribution in [2.45, 2.75) is 18.8 Å². The van der Waals surface area contributed by atoms with E-state index in [0.29, 0.717) is 11.5 Å². The summed E-state index contributed by atoms with van der Waals surface area (Å²) in [4.78, 5) is 2.32. The average Bonchev–Trinajstić information content (AvgIpc) is 3.11. The summed E-state index contributed by atoms with van der Waals surface area (Å²) in [5.74, 6) is 3.36. The zero-order valence-electron chi connectivity index (χ0n) is 14.7. The summed E-state index contributed by atoms with van der Waals surface area (Å²) < 4.78 is 0. The molecular formula is C20H22N4O2. The Morgan fingerprint density at radius 3 is 2.73 bits per heavy atom. The topological polar surface area (TPSA) is 84.4 Å². The van der Waals surface area contributed by atoms with E-state index in [1.165, 1.54) is 6.07 Å². The van der Waals surface area contributed by atoms with Crippen LogP contribution in [0, 0.1) is 18.3 Å². The van der Waals surface area contributed by atoms with Crippen LogP contribution in [0.5, 0.6) is 11.5 Å². The fourth-order valence-corrected chi connectivity index (χ4v) is 4.01. The highest BCUT2D eigenvalue weighted by atomic mass is 16.3. The lowest BCUT2D eigenvalue weighted by atomic mass is 9.78. The number of para-hydroxylation sites is 1. The zero-order valence-corrected chi connectivity index (χ0v) is 14.7. The van der Waals surface area contributed by atoms with Crippen LogP contribution in [-0.4, -0.2) is 45.4 Å². The monoisotopic (exact) mass is 350 g/mol. The summed E-state index contributed by atoms with van der Waals surface area (Å²) in [6.07, 6.45) is 9.70. The van der Waals surface area contributed by atoms with Crippen LogP contribution < -0.4 is 5.32 Å². The van der Waals surface area contributed by atoms with Gasteiger partial charge in [-0.2, -0.15) is 5.10 Å². The summed E-state index contributed by atoms with van der Waals surface area (Å²) in [6, 6.07) is 4.98. The number of nitrogens with one attached hydrogen (secondary N) is 2. The summed E-state index contributed by atoms with van der Waals surface area (Å²) >= 11 is 0. The van der Waals surface area contributed by atoms with E-state index in [1.54, 1.807) is 18.3 Å². The van der Waals surface area contributed by atoms with Gasteiger partial charge in [-0.3, -0.25) is 5.10 Å². The van der Waals surface area contributed by atoms with Gasteiger partial charge in [-0.1, -0.05) is 18.1 Å². The molecule has 1 atom stereocenters. The Labute approximate surface area is 152 Å². The number of aromatic nitrogens is 2. The number of likely N-dealkylation sites (tertiary alicyclic amines) is 1. The van der Waals surface area contributed by atoms with Gasteiger partial charge in [0.25, 0.3) is 0 Å². The SMILES string of the molecule is C#CC1=C(C2CCN(C)CC2)Nc2[nH]ncc2C1c1cccc(O)c1O. The van der Waals surface area contributed by atoms with E-state index in [2.05, 4.69) is 33.4 Å². The number of phenols is 2. The van der Waals surface area contributed by atoms with Crippen LogP contribution in [-0.2, 0) is 0 Å². The summed E-state index contributed by atoms with van der Waals surface area (Å²) in [5, 5.41) is 31.0. The Hall–Kier alpha value is -2.91. The predicted molar refractivity (Wildman–Crippen MR) is 99.9 cm³/mol. The number of piperidine rings is 1. The molecule has 0 radical (unpaired) electrons. The second-order valence-corrected chi connectivity index (χ2v) is 7.02. The Balaban J connectivity index is 1.85. The molecular weight excluding hydrogens is 328 g/mol. The van der Waals surface area contributed by atoms with E-state index in [-0.39, 0.29) is 17.4 Å². The van der Waals surface area contributed by atoms with Gasteiger partial charge in [0.05, 0.1) is 12.1 Å². The first-order valence-electron chi connectivity index (χ1n) is 8.80. The van der Waals surface area contributed by atoms with Gasteiger partial charge < -0.3 is 20.4 Å². The molecule has 4 N–H and O–H groups in total. The fraction of sp³-hybridized carbons (Fsp3) is 0.350. The van der Waals surface area contributed by atoms with Gasteiger partial charge in [-0.25, -0.2) is 0 Å². The lowest BCUT2D eigenvalue weighted by Crippen LogP contribution is -2.34. The normalized spacial score (nSPS) is 21.2. The molecule has 0 bridgehead atoms. The molecule has 1 saturated heterocycles. The number of rotatable bonds is 2. The van der Waals surface area contributed by atoms with Crippen LogP contribution >= 0.6 is 0 Å². The van der Waals surface area contributed by atoms with Crippen molar-refractivity contribution in [1.82, 2.24) is 15.1 Å². The molecule has 4 rings (SSSR count). The number of allylic oxidation sites excluding steroid dienone is 2. The van der Waals surface area contributed by atoms with Crippen LogP contribution in [0.4, 0.5) is 5.82 Å². The second-order valence-electron chi connectivity index (χ2n) is 7.02. The standard InChI is InChI=1S/C20H22N4O2/c1-3-13-17(14-5-4-6-16(25)19(14)26)15-11-21-23-20(15)22-18(13)12-7-9-24(2)10-8-12/h1,4-6,11-12,17,25-26H,7-10H2,2H3,(H2,21,22,23). The largest absolute Gasteiger partial charge is 0.504 e. The first-order valence-corrected chi connectivity index (χ1v) is 8.80. The van der Waals surface area contributed by atoms with E-state index in [0.717, 1.165) is 48.6 Å². The molecule has 26 heavy (non-hydrogen) atoms. The number of fused-ring (bicyclic) bond motifs is 1. The molecule has 0 aliphatic carbocycles. The minimum absolute atomic E-state index is 0.137. The van der Waals surface area contributed by atoms with Gasteiger partial charge in [0, 0.05) is 28.3 Å². The number of benzene rings is 1. The number of hydrogen-bond donors (Lipinski definition) is 4. The third-order valence-corrected chi connectivity index (χ3v) is 5.46. The highest BCUT2D eigenvalue weighted by molar-refractivity contribution is 5.67. The molecule has 2 aliphatic heterocycles. The Bertz CT molecular complexity index is 901. The van der Waals surface area contributed by atoms with Gasteiger partial charge in [0.2, 0.25) is 0 Å². The lowest BCUT2D eigenvalue weighted by molar-refractivity contribution is 0.238. The van der Waals surface area contributed by atoms with Gasteiger partial charge in [-0.15, -0.1) is 6.42 Å². The molecule has 6 nitrogen and oxygen atoms in total. The maximum atomic E-state index is 10.5. The van der Waals surface area contributed by atoms with Crippen molar-refractivity contribution < 1.29 is 10.2 Å². The molecule has 1 aromatic heterocycles. The smallest absolute Gasteiger partial charge is 0.161 e. The van der Waals surface area contributed by atoms with Crippen molar-refractivity contribution in [2.75, 3.05) is 25.5 Å². The van der Waals surface area contributed by atoms with Crippen LogP contribution in [0.25, 0.3) is 0 Å². The van der Waals surface area contributed by atoms with Crippen molar-refractivity contribution >= 4 is 5.82 Å². The molecule has 0 spiro atoms. The number of anilines is 1. The third kappa shape index (κ3) is 2.61. The first-order chi connectivity index (χ1) is 12.6. The predicted octanol–water partition coefficient (Wildman–Crippen LogP) is 2.61. The number of nitrogens with zero attached hydrogens (tertiary/aromatic N) is 2. The highest BCUT2D eigenvalue weighted by Crippen LogP contribution is 2.47. The van der Waals surface area contributed by atoms with Gasteiger partial charge in [0.15, 0.2) is 11.5 Å². The maximum absolute atomic E-state index is 10.5. The summed E-state index contributed by atoms with van der Waals surface area (Å²) in [7, 11) is 2.13. The molecule has 0 amide bonds.